The normalized spacial score (nSPS) is 22.6. The number of rotatable bonds is 2. The summed E-state index contributed by atoms with van der Waals surface area (Å²) < 4.78 is 0. The number of nitrogens with one attached hydrogen (secondary N) is 1. The summed E-state index contributed by atoms with van der Waals surface area (Å²) in [5, 5.41) is 12.4. The van der Waals surface area contributed by atoms with Crippen LogP contribution in [0.4, 0.5) is 5.69 Å². The molecule has 1 aliphatic heterocycles. The molecular weight excluding hydrogens is 222 g/mol. The fourth-order valence-electron chi connectivity index (χ4n) is 2.82. The number of anilines is 1. The lowest BCUT2D eigenvalue weighted by Crippen LogP contribution is -2.63. The first-order valence-corrected chi connectivity index (χ1v) is 6.48. The van der Waals surface area contributed by atoms with Gasteiger partial charge in [-0.15, -0.1) is 0 Å². The van der Waals surface area contributed by atoms with E-state index in [4.69, 9.17) is 5.26 Å². The highest BCUT2D eigenvalue weighted by atomic mass is 15.3. The molecule has 0 radical (unpaired) electrons. The van der Waals surface area contributed by atoms with Gasteiger partial charge in [-0.2, -0.15) is 5.26 Å². The molecule has 2 rings (SSSR count). The Morgan fingerprint density at radius 1 is 1.50 bits per heavy atom. The van der Waals surface area contributed by atoms with Gasteiger partial charge in [0.05, 0.1) is 18.5 Å². The molecule has 0 saturated carbocycles. The zero-order chi connectivity index (χ0) is 13.2. The van der Waals surface area contributed by atoms with Crippen LogP contribution in [0.15, 0.2) is 24.3 Å². The highest BCUT2D eigenvalue weighted by Gasteiger charge is 2.36. The number of hydrogen-bond donors (Lipinski definition) is 1. The molecule has 0 spiro atoms. The van der Waals surface area contributed by atoms with E-state index in [0.717, 1.165) is 13.1 Å². The molecule has 1 N–H and O–H groups in total. The van der Waals surface area contributed by atoms with Crippen molar-refractivity contribution in [1.82, 2.24) is 5.32 Å². The highest BCUT2D eigenvalue weighted by molar-refractivity contribution is 5.52. The number of benzene rings is 1. The molecule has 18 heavy (non-hydrogen) atoms. The second-order valence-electron chi connectivity index (χ2n) is 5.67. The Morgan fingerprint density at radius 3 is 2.94 bits per heavy atom. The predicted molar refractivity (Wildman–Crippen MR) is 74.6 cm³/mol. The molecule has 0 amide bonds. The zero-order valence-electron chi connectivity index (χ0n) is 11.4. The summed E-state index contributed by atoms with van der Waals surface area (Å²) in [5.41, 5.74) is 2.52. The maximum absolute atomic E-state index is 9.00. The fourth-order valence-corrected chi connectivity index (χ4v) is 2.82. The van der Waals surface area contributed by atoms with E-state index in [-0.39, 0.29) is 11.6 Å². The van der Waals surface area contributed by atoms with E-state index in [0.29, 0.717) is 6.42 Å². The Bertz CT molecular complexity index is 459. The van der Waals surface area contributed by atoms with Crippen LogP contribution in [0.5, 0.6) is 0 Å². The first-order valence-electron chi connectivity index (χ1n) is 6.48. The van der Waals surface area contributed by atoms with E-state index >= 15 is 0 Å². The van der Waals surface area contributed by atoms with E-state index in [1.165, 1.54) is 11.3 Å². The van der Waals surface area contributed by atoms with Crippen molar-refractivity contribution in [1.29, 1.82) is 5.26 Å². The Kier molecular flexibility index (Phi) is 3.58. The van der Waals surface area contributed by atoms with Gasteiger partial charge in [0.25, 0.3) is 0 Å². The third-order valence-corrected chi connectivity index (χ3v) is 3.56. The first kappa shape index (κ1) is 12.9. The molecule has 3 heteroatoms. The first-order chi connectivity index (χ1) is 8.54. The minimum absolute atomic E-state index is 0.0353. The summed E-state index contributed by atoms with van der Waals surface area (Å²) in [5.74, 6) is 0. The Labute approximate surface area is 109 Å². The average Bonchev–Trinajstić information content (AvgIpc) is 2.28. The van der Waals surface area contributed by atoms with Gasteiger partial charge in [0.2, 0.25) is 0 Å². The van der Waals surface area contributed by atoms with Gasteiger partial charge in [-0.05, 0) is 38.5 Å². The van der Waals surface area contributed by atoms with Crippen molar-refractivity contribution in [3.05, 3.63) is 29.8 Å². The summed E-state index contributed by atoms with van der Waals surface area (Å²) in [6.45, 7) is 8.39. The van der Waals surface area contributed by atoms with Gasteiger partial charge in [-0.25, -0.2) is 0 Å². The zero-order valence-corrected chi connectivity index (χ0v) is 11.4. The highest BCUT2D eigenvalue weighted by Crippen LogP contribution is 2.30. The second kappa shape index (κ2) is 4.99. The number of piperazine rings is 1. The maximum atomic E-state index is 9.00. The molecule has 0 bridgehead atoms. The molecule has 96 valence electrons. The Hall–Kier alpha value is -1.53. The van der Waals surface area contributed by atoms with Crippen LogP contribution in [0.1, 0.15) is 25.8 Å². The topological polar surface area (TPSA) is 39.1 Å². The van der Waals surface area contributed by atoms with Crippen LogP contribution in [-0.2, 0) is 0 Å². The summed E-state index contributed by atoms with van der Waals surface area (Å²) in [6, 6.07) is 11.1. The van der Waals surface area contributed by atoms with Crippen LogP contribution >= 0.6 is 0 Å². The Morgan fingerprint density at radius 2 is 2.28 bits per heavy atom. The molecule has 1 unspecified atom stereocenters. The van der Waals surface area contributed by atoms with Crippen LogP contribution in [0.25, 0.3) is 0 Å². The maximum Gasteiger partial charge on any atom is 0.0643 e. The smallest absolute Gasteiger partial charge is 0.0643 e. The van der Waals surface area contributed by atoms with E-state index in [1.807, 2.05) is 0 Å². The van der Waals surface area contributed by atoms with Crippen molar-refractivity contribution in [2.24, 2.45) is 0 Å². The van der Waals surface area contributed by atoms with Crippen LogP contribution in [0, 0.1) is 18.3 Å². The largest absolute Gasteiger partial charge is 0.360 e. The summed E-state index contributed by atoms with van der Waals surface area (Å²) in [7, 11) is 0. The van der Waals surface area contributed by atoms with E-state index in [9.17, 15) is 0 Å². The SMILES string of the molecule is Cc1cccc(N2C(CC#N)CNCC2(C)C)c1. The van der Waals surface area contributed by atoms with Gasteiger partial charge in [0, 0.05) is 24.3 Å². The molecule has 1 saturated heterocycles. The van der Waals surface area contributed by atoms with Gasteiger partial charge in [0.1, 0.15) is 0 Å². The standard InChI is InChI=1S/C15H21N3/c1-12-5-4-6-13(9-12)18-14(7-8-16)10-17-11-15(18,2)3/h4-6,9,14,17H,7,10-11H2,1-3H3. The lowest BCUT2D eigenvalue weighted by molar-refractivity contribution is 0.324. The lowest BCUT2D eigenvalue weighted by Gasteiger charge is -2.49. The second-order valence-corrected chi connectivity index (χ2v) is 5.67. The van der Waals surface area contributed by atoms with Crippen molar-refractivity contribution < 1.29 is 0 Å². The molecule has 1 atom stereocenters. The van der Waals surface area contributed by atoms with Gasteiger partial charge in [-0.3, -0.25) is 0 Å². The summed E-state index contributed by atoms with van der Waals surface area (Å²) >= 11 is 0. The van der Waals surface area contributed by atoms with Gasteiger partial charge in [-0.1, -0.05) is 12.1 Å². The van der Waals surface area contributed by atoms with Crippen molar-refractivity contribution >= 4 is 5.69 Å². The van der Waals surface area contributed by atoms with Gasteiger partial charge in [0.15, 0.2) is 0 Å². The van der Waals surface area contributed by atoms with Crippen LogP contribution in [-0.4, -0.2) is 24.7 Å². The number of aryl methyl sites for hydroxylation is 1. The van der Waals surface area contributed by atoms with Crippen molar-refractivity contribution in [3.63, 3.8) is 0 Å². The van der Waals surface area contributed by atoms with E-state index in [1.54, 1.807) is 0 Å². The summed E-state index contributed by atoms with van der Waals surface area (Å²) in [4.78, 5) is 2.40. The number of nitriles is 1. The molecule has 1 heterocycles. The molecule has 1 aromatic carbocycles. The third-order valence-electron chi connectivity index (χ3n) is 3.56. The molecule has 0 aromatic heterocycles. The molecule has 0 aliphatic carbocycles. The van der Waals surface area contributed by atoms with Crippen molar-refractivity contribution in [2.45, 2.75) is 38.8 Å². The van der Waals surface area contributed by atoms with E-state index in [2.05, 4.69) is 61.3 Å². The van der Waals surface area contributed by atoms with Gasteiger partial charge < -0.3 is 10.2 Å². The molecular formula is C15H21N3. The third kappa shape index (κ3) is 2.49. The fraction of sp³-hybridized carbons (Fsp3) is 0.533. The van der Waals surface area contributed by atoms with Crippen molar-refractivity contribution in [2.75, 3.05) is 18.0 Å². The minimum atomic E-state index is 0.0353. The molecule has 1 aliphatic rings. The molecule has 3 nitrogen and oxygen atoms in total. The number of nitrogens with zero attached hydrogens (tertiary/aromatic N) is 2. The average molecular weight is 243 g/mol. The predicted octanol–water partition coefficient (Wildman–Crippen LogP) is 2.47. The monoisotopic (exact) mass is 243 g/mol. The van der Waals surface area contributed by atoms with Crippen LogP contribution < -0.4 is 10.2 Å². The van der Waals surface area contributed by atoms with Gasteiger partial charge >= 0.3 is 0 Å². The summed E-state index contributed by atoms with van der Waals surface area (Å²) in [6.07, 6.45) is 0.560. The van der Waals surface area contributed by atoms with Crippen molar-refractivity contribution in [3.8, 4) is 6.07 Å². The van der Waals surface area contributed by atoms with E-state index < -0.39 is 0 Å². The Balaban J connectivity index is 2.37. The van der Waals surface area contributed by atoms with Crippen LogP contribution in [0.3, 0.4) is 0 Å². The lowest BCUT2D eigenvalue weighted by atomic mass is 9.93. The molecule has 1 aromatic rings. The van der Waals surface area contributed by atoms with Crippen LogP contribution in [0.2, 0.25) is 0 Å². The molecule has 1 fully saturated rings. The quantitative estimate of drug-likeness (QED) is 0.867. The number of hydrogen-bond acceptors (Lipinski definition) is 3. The minimum Gasteiger partial charge on any atom is -0.360 e.